The Morgan fingerprint density at radius 3 is 2.68 bits per heavy atom. The first-order valence-electron chi connectivity index (χ1n) is 7.47. The fourth-order valence-electron chi connectivity index (χ4n) is 3.10. The standard InChI is InChI=1S/C17H28N2/c1-13-10-16(7-6-15(13)11-14(2)18)19-9-5-8-17(3,4)12-19/h6-7,10,14H,5,8-9,11-12,18H2,1-4H3. The third kappa shape index (κ3) is 3.73. The summed E-state index contributed by atoms with van der Waals surface area (Å²) in [5.74, 6) is 0. The molecule has 1 aliphatic heterocycles. The average Bonchev–Trinajstić information content (AvgIpc) is 2.30. The zero-order chi connectivity index (χ0) is 14.0. The molecular formula is C17H28N2. The highest BCUT2D eigenvalue weighted by Crippen LogP contribution is 2.32. The topological polar surface area (TPSA) is 29.3 Å². The van der Waals surface area contributed by atoms with Gasteiger partial charge in [-0.05, 0) is 61.8 Å². The van der Waals surface area contributed by atoms with Gasteiger partial charge in [-0.15, -0.1) is 0 Å². The SMILES string of the molecule is Cc1cc(N2CCCC(C)(C)C2)ccc1CC(C)N. The molecule has 1 aromatic carbocycles. The number of nitrogens with zero attached hydrogens (tertiary/aromatic N) is 1. The molecule has 0 aliphatic carbocycles. The molecule has 0 bridgehead atoms. The zero-order valence-corrected chi connectivity index (χ0v) is 12.9. The van der Waals surface area contributed by atoms with Crippen molar-refractivity contribution in [1.29, 1.82) is 0 Å². The van der Waals surface area contributed by atoms with Crippen LogP contribution in [0.15, 0.2) is 18.2 Å². The third-order valence-electron chi connectivity index (χ3n) is 4.13. The second kappa shape index (κ2) is 5.54. The molecule has 1 fully saturated rings. The highest BCUT2D eigenvalue weighted by Gasteiger charge is 2.26. The van der Waals surface area contributed by atoms with Crippen LogP contribution in [-0.2, 0) is 6.42 Å². The lowest BCUT2D eigenvalue weighted by Crippen LogP contribution is -2.40. The summed E-state index contributed by atoms with van der Waals surface area (Å²) in [6.07, 6.45) is 3.61. The summed E-state index contributed by atoms with van der Waals surface area (Å²) in [4.78, 5) is 2.53. The Bertz CT molecular complexity index is 435. The molecule has 2 nitrogen and oxygen atoms in total. The lowest BCUT2D eigenvalue weighted by Gasteiger charge is -2.39. The molecule has 0 spiro atoms. The van der Waals surface area contributed by atoms with E-state index >= 15 is 0 Å². The van der Waals surface area contributed by atoms with E-state index in [0.717, 1.165) is 6.42 Å². The van der Waals surface area contributed by atoms with Gasteiger partial charge in [-0.1, -0.05) is 19.9 Å². The van der Waals surface area contributed by atoms with Crippen LogP contribution in [0.1, 0.15) is 44.7 Å². The van der Waals surface area contributed by atoms with Crippen molar-refractivity contribution in [2.45, 2.75) is 53.0 Å². The lowest BCUT2D eigenvalue weighted by molar-refractivity contribution is 0.293. The molecule has 2 rings (SSSR count). The smallest absolute Gasteiger partial charge is 0.0369 e. The van der Waals surface area contributed by atoms with Crippen LogP contribution in [0.25, 0.3) is 0 Å². The predicted molar refractivity (Wildman–Crippen MR) is 83.8 cm³/mol. The van der Waals surface area contributed by atoms with Crippen LogP contribution in [0.3, 0.4) is 0 Å². The van der Waals surface area contributed by atoms with Gasteiger partial charge >= 0.3 is 0 Å². The van der Waals surface area contributed by atoms with Gasteiger partial charge in [-0.3, -0.25) is 0 Å². The molecule has 1 aliphatic rings. The number of nitrogens with two attached hydrogens (primary N) is 1. The van der Waals surface area contributed by atoms with Crippen molar-refractivity contribution < 1.29 is 0 Å². The van der Waals surface area contributed by atoms with E-state index in [1.165, 1.54) is 42.7 Å². The maximum absolute atomic E-state index is 5.90. The summed E-state index contributed by atoms with van der Waals surface area (Å²) in [6.45, 7) is 11.4. The fourth-order valence-corrected chi connectivity index (χ4v) is 3.10. The van der Waals surface area contributed by atoms with Crippen LogP contribution in [0, 0.1) is 12.3 Å². The van der Waals surface area contributed by atoms with Crippen LogP contribution >= 0.6 is 0 Å². The largest absolute Gasteiger partial charge is 0.371 e. The normalized spacial score (nSPS) is 20.4. The highest BCUT2D eigenvalue weighted by atomic mass is 15.1. The lowest BCUT2D eigenvalue weighted by atomic mass is 9.84. The Morgan fingerprint density at radius 1 is 1.37 bits per heavy atom. The highest BCUT2D eigenvalue weighted by molar-refractivity contribution is 5.51. The van der Waals surface area contributed by atoms with Crippen LogP contribution in [-0.4, -0.2) is 19.1 Å². The summed E-state index contributed by atoms with van der Waals surface area (Å²) >= 11 is 0. The number of hydrogen-bond acceptors (Lipinski definition) is 2. The van der Waals surface area contributed by atoms with Crippen molar-refractivity contribution in [2.75, 3.05) is 18.0 Å². The average molecular weight is 260 g/mol. The maximum Gasteiger partial charge on any atom is 0.0369 e. The first-order chi connectivity index (χ1) is 8.87. The molecule has 1 atom stereocenters. The van der Waals surface area contributed by atoms with Crippen molar-refractivity contribution >= 4 is 5.69 Å². The summed E-state index contributed by atoms with van der Waals surface area (Å²) in [5, 5.41) is 0. The molecule has 1 saturated heterocycles. The van der Waals surface area contributed by atoms with Crippen molar-refractivity contribution in [2.24, 2.45) is 11.1 Å². The molecule has 1 unspecified atom stereocenters. The van der Waals surface area contributed by atoms with Gasteiger partial charge in [0, 0.05) is 24.8 Å². The van der Waals surface area contributed by atoms with E-state index in [0.29, 0.717) is 5.41 Å². The number of hydrogen-bond donors (Lipinski definition) is 1. The van der Waals surface area contributed by atoms with Gasteiger partial charge in [-0.2, -0.15) is 0 Å². The van der Waals surface area contributed by atoms with Crippen molar-refractivity contribution in [3.63, 3.8) is 0 Å². The number of aryl methyl sites for hydroxylation is 1. The summed E-state index contributed by atoms with van der Waals surface area (Å²) in [5.41, 5.74) is 10.5. The Balaban J connectivity index is 2.15. The molecular weight excluding hydrogens is 232 g/mol. The molecule has 0 saturated carbocycles. The second-order valence-corrected chi connectivity index (χ2v) is 6.98. The van der Waals surface area contributed by atoms with Gasteiger partial charge in [-0.25, -0.2) is 0 Å². The van der Waals surface area contributed by atoms with Crippen LogP contribution in [0.5, 0.6) is 0 Å². The van der Waals surface area contributed by atoms with Crippen molar-refractivity contribution in [3.05, 3.63) is 29.3 Å². The molecule has 19 heavy (non-hydrogen) atoms. The summed E-state index contributed by atoms with van der Waals surface area (Å²) < 4.78 is 0. The van der Waals surface area contributed by atoms with Crippen molar-refractivity contribution in [1.82, 2.24) is 0 Å². The van der Waals surface area contributed by atoms with Crippen molar-refractivity contribution in [3.8, 4) is 0 Å². The quantitative estimate of drug-likeness (QED) is 0.901. The number of rotatable bonds is 3. The number of benzene rings is 1. The van der Waals surface area contributed by atoms with E-state index < -0.39 is 0 Å². The van der Waals surface area contributed by atoms with E-state index in [-0.39, 0.29) is 6.04 Å². The van der Waals surface area contributed by atoms with E-state index in [1.54, 1.807) is 0 Å². The van der Waals surface area contributed by atoms with Gasteiger partial charge in [0.15, 0.2) is 0 Å². The molecule has 0 aromatic heterocycles. The first kappa shape index (κ1) is 14.4. The molecule has 0 amide bonds. The van der Waals surface area contributed by atoms with Gasteiger partial charge in [0.1, 0.15) is 0 Å². The Kier molecular flexibility index (Phi) is 4.19. The minimum atomic E-state index is 0.235. The van der Waals surface area contributed by atoms with E-state index in [1.807, 2.05) is 0 Å². The molecule has 0 radical (unpaired) electrons. The Morgan fingerprint density at radius 2 is 2.11 bits per heavy atom. The number of anilines is 1. The minimum absolute atomic E-state index is 0.235. The second-order valence-electron chi connectivity index (χ2n) is 6.98. The Hall–Kier alpha value is -1.02. The molecule has 106 valence electrons. The summed E-state index contributed by atoms with van der Waals surface area (Å²) in [7, 11) is 0. The van der Waals surface area contributed by atoms with Crippen LogP contribution in [0.2, 0.25) is 0 Å². The van der Waals surface area contributed by atoms with Gasteiger partial charge in [0.2, 0.25) is 0 Å². The van der Waals surface area contributed by atoms with E-state index in [9.17, 15) is 0 Å². The molecule has 2 heteroatoms. The van der Waals surface area contributed by atoms with Gasteiger partial charge < -0.3 is 10.6 Å². The number of piperidine rings is 1. The molecule has 1 aromatic rings. The van der Waals surface area contributed by atoms with Crippen LogP contribution < -0.4 is 10.6 Å². The maximum atomic E-state index is 5.90. The minimum Gasteiger partial charge on any atom is -0.371 e. The summed E-state index contributed by atoms with van der Waals surface area (Å²) in [6, 6.07) is 7.10. The predicted octanol–water partition coefficient (Wildman–Crippen LogP) is 3.51. The van der Waals surface area contributed by atoms with Crippen LogP contribution in [0.4, 0.5) is 5.69 Å². The van der Waals surface area contributed by atoms with Gasteiger partial charge in [0.25, 0.3) is 0 Å². The van der Waals surface area contributed by atoms with E-state index in [4.69, 9.17) is 5.73 Å². The molecule has 1 heterocycles. The van der Waals surface area contributed by atoms with E-state index in [2.05, 4.69) is 50.8 Å². The zero-order valence-electron chi connectivity index (χ0n) is 12.9. The first-order valence-corrected chi connectivity index (χ1v) is 7.47. The monoisotopic (exact) mass is 260 g/mol. The molecule has 2 N–H and O–H groups in total. The fraction of sp³-hybridized carbons (Fsp3) is 0.647. The third-order valence-corrected chi connectivity index (χ3v) is 4.13. The Labute approximate surface area is 118 Å². The van der Waals surface area contributed by atoms with Gasteiger partial charge in [0.05, 0.1) is 0 Å².